The first-order valence-electron chi connectivity index (χ1n) is 11.2. The third-order valence-electron chi connectivity index (χ3n) is 5.29. The summed E-state index contributed by atoms with van der Waals surface area (Å²) in [6.07, 6.45) is 1.71. The van der Waals surface area contributed by atoms with Gasteiger partial charge in [-0.25, -0.2) is 4.98 Å². The van der Waals surface area contributed by atoms with Crippen LogP contribution in [0.5, 0.6) is 0 Å². The minimum Gasteiger partial charge on any atom is -0.369 e. The van der Waals surface area contributed by atoms with Crippen LogP contribution in [-0.4, -0.2) is 53.9 Å². The van der Waals surface area contributed by atoms with Crippen molar-refractivity contribution < 1.29 is 4.79 Å². The van der Waals surface area contributed by atoms with Crippen LogP contribution in [-0.2, 0) is 0 Å². The summed E-state index contributed by atoms with van der Waals surface area (Å²) in [5, 5.41) is 6.52. The molecule has 3 aromatic rings. The minimum absolute atomic E-state index is 0.0416. The number of likely N-dealkylation sites (N-methyl/N-ethyl adjacent to an activating group) is 1. The maximum Gasteiger partial charge on any atom is 0.229 e. The van der Waals surface area contributed by atoms with Crippen LogP contribution >= 0.6 is 15.9 Å². The van der Waals surface area contributed by atoms with E-state index in [0.29, 0.717) is 17.3 Å². The Morgan fingerprint density at radius 3 is 2.09 bits per heavy atom. The lowest BCUT2D eigenvalue weighted by atomic mass is 10.1. The molecule has 1 fully saturated rings. The van der Waals surface area contributed by atoms with Crippen LogP contribution in [0.1, 0.15) is 31.1 Å². The zero-order valence-corrected chi connectivity index (χ0v) is 21.2. The Balaban J connectivity index is 0.00000149. The number of nitrogens with zero attached hydrogens (tertiary/aromatic N) is 4. The van der Waals surface area contributed by atoms with Crippen molar-refractivity contribution in [1.82, 2.24) is 14.9 Å². The highest BCUT2D eigenvalue weighted by molar-refractivity contribution is 9.10. The number of Topliss-reactive ketones (excluding diaryl/α,β-unsaturated/α-hetero) is 1. The molecule has 4 rings (SSSR count). The van der Waals surface area contributed by atoms with Gasteiger partial charge in [0, 0.05) is 55.0 Å². The number of aromatic nitrogens is 2. The van der Waals surface area contributed by atoms with Crippen molar-refractivity contribution in [1.29, 1.82) is 0 Å². The zero-order valence-electron chi connectivity index (χ0n) is 19.6. The van der Waals surface area contributed by atoms with Crippen LogP contribution in [0.3, 0.4) is 0 Å². The molecule has 1 aromatic heterocycles. The third kappa shape index (κ3) is 6.76. The molecule has 0 unspecified atom stereocenters. The number of rotatable bonds is 6. The fraction of sp³-hybridized carbons (Fsp3) is 0.320. The number of nitrogens with one attached hydrogen (secondary N) is 2. The van der Waals surface area contributed by atoms with Crippen LogP contribution in [0.4, 0.5) is 28.8 Å². The molecule has 8 heteroatoms. The molecule has 0 spiro atoms. The van der Waals surface area contributed by atoms with Gasteiger partial charge in [-0.2, -0.15) is 4.98 Å². The highest BCUT2D eigenvalue weighted by Gasteiger charge is 2.14. The Bertz CT molecular complexity index is 1050. The maximum absolute atomic E-state index is 11.4. The number of carbonyl (C=O) groups is 1. The molecule has 2 aromatic carbocycles. The standard InChI is InChI=1S/C23H25BrN6O.C2H6/c1-16(31)17-3-5-18(6-4-17)26-22-21(24)15-25-23(28-22)27-19-7-9-20(10-8-19)30-13-11-29(2)12-14-30;1-2/h3-10,15H,11-14H2,1-2H3,(H2,25,26,27,28);1-2H3. The number of hydrogen-bond acceptors (Lipinski definition) is 7. The molecule has 1 aliphatic heterocycles. The highest BCUT2D eigenvalue weighted by Crippen LogP contribution is 2.26. The summed E-state index contributed by atoms with van der Waals surface area (Å²) in [6, 6.07) is 15.6. The van der Waals surface area contributed by atoms with E-state index in [9.17, 15) is 4.79 Å². The normalized spacial score (nSPS) is 13.7. The van der Waals surface area contributed by atoms with Crippen LogP contribution in [0.2, 0.25) is 0 Å². The lowest BCUT2D eigenvalue weighted by molar-refractivity contribution is 0.101. The van der Waals surface area contributed by atoms with E-state index in [-0.39, 0.29) is 5.78 Å². The van der Waals surface area contributed by atoms with Crippen LogP contribution in [0.15, 0.2) is 59.2 Å². The van der Waals surface area contributed by atoms with Gasteiger partial charge < -0.3 is 20.4 Å². The number of hydrogen-bond donors (Lipinski definition) is 2. The van der Waals surface area contributed by atoms with Gasteiger partial charge in [-0.15, -0.1) is 0 Å². The van der Waals surface area contributed by atoms with Gasteiger partial charge in [0.05, 0.1) is 4.47 Å². The van der Waals surface area contributed by atoms with Crippen molar-refractivity contribution in [2.24, 2.45) is 0 Å². The smallest absolute Gasteiger partial charge is 0.229 e. The first-order chi connectivity index (χ1) is 16.0. The summed E-state index contributed by atoms with van der Waals surface area (Å²) < 4.78 is 0.749. The average molecular weight is 511 g/mol. The van der Waals surface area contributed by atoms with E-state index in [0.717, 1.165) is 42.0 Å². The van der Waals surface area contributed by atoms with E-state index >= 15 is 0 Å². The second-order valence-corrected chi connectivity index (χ2v) is 8.47. The summed E-state index contributed by atoms with van der Waals surface area (Å²) in [6.45, 7) is 9.81. The minimum atomic E-state index is 0.0416. The summed E-state index contributed by atoms with van der Waals surface area (Å²) >= 11 is 3.49. The Morgan fingerprint density at radius 2 is 1.48 bits per heavy atom. The van der Waals surface area contributed by atoms with Gasteiger partial charge in [-0.05, 0) is 78.4 Å². The molecule has 0 amide bonds. The first kappa shape index (κ1) is 24.7. The van der Waals surface area contributed by atoms with Crippen molar-refractivity contribution >= 4 is 50.5 Å². The van der Waals surface area contributed by atoms with Gasteiger partial charge in [0.2, 0.25) is 5.95 Å². The van der Waals surface area contributed by atoms with Gasteiger partial charge in [-0.1, -0.05) is 13.8 Å². The lowest BCUT2D eigenvalue weighted by Gasteiger charge is -2.34. The number of piperazine rings is 1. The van der Waals surface area contributed by atoms with Gasteiger partial charge in [0.15, 0.2) is 5.78 Å². The Labute approximate surface area is 204 Å². The summed E-state index contributed by atoms with van der Waals surface area (Å²) in [4.78, 5) is 25.1. The molecule has 0 radical (unpaired) electrons. The van der Waals surface area contributed by atoms with E-state index < -0.39 is 0 Å². The second-order valence-electron chi connectivity index (χ2n) is 7.61. The average Bonchev–Trinajstić information content (AvgIpc) is 2.84. The molecule has 0 atom stereocenters. The SMILES string of the molecule is CC.CC(=O)c1ccc(Nc2nc(Nc3ccc(N4CCN(C)CC4)cc3)ncc2Br)cc1. The largest absolute Gasteiger partial charge is 0.369 e. The molecule has 0 saturated carbocycles. The van der Waals surface area contributed by atoms with Gasteiger partial charge in [-0.3, -0.25) is 4.79 Å². The molecular formula is C25H31BrN6O. The van der Waals surface area contributed by atoms with Crippen LogP contribution in [0, 0.1) is 0 Å². The van der Waals surface area contributed by atoms with Crippen LogP contribution < -0.4 is 15.5 Å². The van der Waals surface area contributed by atoms with E-state index in [1.165, 1.54) is 5.69 Å². The van der Waals surface area contributed by atoms with Crippen molar-refractivity contribution in [2.45, 2.75) is 20.8 Å². The fourth-order valence-corrected chi connectivity index (χ4v) is 3.68. The molecule has 1 saturated heterocycles. The van der Waals surface area contributed by atoms with E-state index in [1.54, 1.807) is 25.3 Å². The molecule has 33 heavy (non-hydrogen) atoms. The van der Waals surface area contributed by atoms with E-state index in [2.05, 4.69) is 65.5 Å². The quantitative estimate of drug-likeness (QED) is 0.411. The summed E-state index contributed by atoms with van der Waals surface area (Å²) in [5.41, 5.74) is 3.67. The van der Waals surface area contributed by atoms with Gasteiger partial charge >= 0.3 is 0 Å². The number of carbonyl (C=O) groups excluding carboxylic acids is 1. The number of anilines is 5. The highest BCUT2D eigenvalue weighted by atomic mass is 79.9. The second kappa shape index (κ2) is 11.8. The lowest BCUT2D eigenvalue weighted by Crippen LogP contribution is -2.44. The number of halogens is 1. The monoisotopic (exact) mass is 510 g/mol. The Hall–Kier alpha value is -2.97. The predicted molar refractivity (Wildman–Crippen MR) is 140 cm³/mol. The third-order valence-corrected chi connectivity index (χ3v) is 5.87. The van der Waals surface area contributed by atoms with Crippen molar-refractivity contribution in [3.63, 3.8) is 0 Å². The fourth-order valence-electron chi connectivity index (χ4n) is 3.39. The van der Waals surface area contributed by atoms with E-state index in [4.69, 9.17) is 0 Å². The van der Waals surface area contributed by atoms with E-state index in [1.807, 2.05) is 38.1 Å². The van der Waals surface area contributed by atoms with Crippen molar-refractivity contribution in [3.05, 3.63) is 64.8 Å². The molecule has 174 valence electrons. The molecule has 7 nitrogen and oxygen atoms in total. The molecule has 0 aliphatic carbocycles. The Kier molecular flexibility index (Phi) is 8.79. The topological polar surface area (TPSA) is 73.4 Å². The number of benzene rings is 2. The van der Waals surface area contributed by atoms with Crippen molar-refractivity contribution in [2.75, 3.05) is 48.8 Å². The number of ketones is 1. The molecule has 2 N–H and O–H groups in total. The molecule has 0 bridgehead atoms. The maximum atomic E-state index is 11.4. The molecule has 2 heterocycles. The molecule has 1 aliphatic rings. The molecular weight excluding hydrogens is 480 g/mol. The summed E-state index contributed by atoms with van der Waals surface area (Å²) in [7, 11) is 2.16. The van der Waals surface area contributed by atoms with Gasteiger partial charge in [0.1, 0.15) is 5.82 Å². The predicted octanol–water partition coefficient (Wildman–Crippen LogP) is 5.71. The van der Waals surface area contributed by atoms with Crippen molar-refractivity contribution in [3.8, 4) is 0 Å². The Morgan fingerprint density at radius 1 is 0.909 bits per heavy atom. The zero-order chi connectivity index (χ0) is 23.8. The van der Waals surface area contributed by atoms with Crippen LogP contribution in [0.25, 0.3) is 0 Å². The summed E-state index contributed by atoms with van der Waals surface area (Å²) in [5.74, 6) is 1.18. The van der Waals surface area contributed by atoms with Gasteiger partial charge in [0.25, 0.3) is 0 Å². The first-order valence-corrected chi connectivity index (χ1v) is 12.0.